The summed E-state index contributed by atoms with van der Waals surface area (Å²) in [7, 11) is 0. The van der Waals surface area contributed by atoms with E-state index in [1.165, 1.54) is 0 Å². The van der Waals surface area contributed by atoms with Gasteiger partial charge in [-0.2, -0.15) is 0 Å². The number of aryl methyl sites for hydroxylation is 1. The Balaban J connectivity index is 2.02. The Morgan fingerprint density at radius 3 is 2.52 bits per heavy atom. The van der Waals surface area contributed by atoms with Crippen LogP contribution in [0.3, 0.4) is 0 Å². The molecule has 0 saturated carbocycles. The molecule has 0 bridgehead atoms. The number of nitrogens with one attached hydrogen (secondary N) is 2. The minimum absolute atomic E-state index is 0.0613. The summed E-state index contributed by atoms with van der Waals surface area (Å²) in [5.74, 6) is -0.361. The van der Waals surface area contributed by atoms with Crippen molar-refractivity contribution >= 4 is 29.3 Å². The third kappa shape index (κ3) is 6.29. The van der Waals surface area contributed by atoms with Crippen LogP contribution in [0.15, 0.2) is 48.5 Å². The SMILES string of the molecule is CC[C@@H](C)[C@H](NC(=O)OCc1ccccc1)C(=O)Nc1cc(Cl)ccc1C. The molecule has 0 heterocycles. The third-order valence-electron chi connectivity index (χ3n) is 4.44. The van der Waals surface area contributed by atoms with Gasteiger partial charge in [-0.1, -0.05) is 68.3 Å². The Labute approximate surface area is 165 Å². The van der Waals surface area contributed by atoms with Gasteiger partial charge in [0.25, 0.3) is 0 Å². The maximum absolute atomic E-state index is 12.8. The second-order valence-corrected chi connectivity index (χ2v) is 6.95. The van der Waals surface area contributed by atoms with Crippen LogP contribution < -0.4 is 10.6 Å². The van der Waals surface area contributed by atoms with Gasteiger partial charge in [-0.05, 0) is 36.1 Å². The van der Waals surface area contributed by atoms with Crippen molar-refractivity contribution in [3.05, 3.63) is 64.7 Å². The van der Waals surface area contributed by atoms with E-state index in [9.17, 15) is 9.59 Å². The van der Waals surface area contributed by atoms with Crippen LogP contribution in [0, 0.1) is 12.8 Å². The van der Waals surface area contributed by atoms with Crippen molar-refractivity contribution in [1.82, 2.24) is 5.32 Å². The van der Waals surface area contributed by atoms with E-state index in [0.29, 0.717) is 10.7 Å². The number of anilines is 1. The number of rotatable bonds is 7. The van der Waals surface area contributed by atoms with Crippen LogP contribution in [0.25, 0.3) is 0 Å². The number of halogens is 1. The molecule has 27 heavy (non-hydrogen) atoms. The molecule has 5 nitrogen and oxygen atoms in total. The molecule has 2 atom stereocenters. The molecule has 2 amide bonds. The van der Waals surface area contributed by atoms with Crippen molar-refractivity contribution < 1.29 is 14.3 Å². The zero-order valence-corrected chi connectivity index (χ0v) is 16.5. The van der Waals surface area contributed by atoms with Gasteiger partial charge in [-0.25, -0.2) is 4.79 Å². The van der Waals surface area contributed by atoms with Crippen LogP contribution in [-0.2, 0) is 16.1 Å². The summed E-state index contributed by atoms with van der Waals surface area (Å²) in [6.07, 6.45) is 0.105. The van der Waals surface area contributed by atoms with Crippen LogP contribution in [0.5, 0.6) is 0 Å². The van der Waals surface area contributed by atoms with Gasteiger partial charge >= 0.3 is 6.09 Å². The van der Waals surface area contributed by atoms with E-state index >= 15 is 0 Å². The van der Waals surface area contributed by atoms with E-state index in [0.717, 1.165) is 17.5 Å². The molecule has 144 valence electrons. The number of amides is 2. The summed E-state index contributed by atoms with van der Waals surface area (Å²) in [5.41, 5.74) is 2.40. The van der Waals surface area contributed by atoms with Crippen LogP contribution in [0.2, 0.25) is 5.02 Å². The highest BCUT2D eigenvalue weighted by Gasteiger charge is 2.27. The maximum Gasteiger partial charge on any atom is 0.408 e. The number of carbonyl (C=O) groups excluding carboxylic acids is 2. The number of hydrogen-bond acceptors (Lipinski definition) is 3. The van der Waals surface area contributed by atoms with E-state index in [4.69, 9.17) is 16.3 Å². The van der Waals surface area contributed by atoms with E-state index < -0.39 is 12.1 Å². The van der Waals surface area contributed by atoms with Crippen molar-refractivity contribution in [2.75, 3.05) is 5.32 Å². The highest BCUT2D eigenvalue weighted by atomic mass is 35.5. The van der Waals surface area contributed by atoms with Crippen LogP contribution >= 0.6 is 11.6 Å². The number of alkyl carbamates (subject to hydrolysis) is 1. The topological polar surface area (TPSA) is 67.4 Å². The lowest BCUT2D eigenvalue weighted by Crippen LogP contribution is -2.47. The lowest BCUT2D eigenvalue weighted by molar-refractivity contribution is -0.119. The van der Waals surface area contributed by atoms with Crippen LogP contribution in [0.4, 0.5) is 10.5 Å². The quantitative estimate of drug-likeness (QED) is 0.706. The minimum atomic E-state index is -0.711. The van der Waals surface area contributed by atoms with Gasteiger partial charge in [0.2, 0.25) is 5.91 Å². The van der Waals surface area contributed by atoms with Crippen molar-refractivity contribution in [2.45, 2.75) is 39.8 Å². The smallest absolute Gasteiger partial charge is 0.408 e. The molecule has 0 spiro atoms. The predicted molar refractivity (Wildman–Crippen MR) is 108 cm³/mol. The predicted octanol–water partition coefficient (Wildman–Crippen LogP) is 4.93. The van der Waals surface area contributed by atoms with Crippen LogP contribution in [0.1, 0.15) is 31.4 Å². The van der Waals surface area contributed by atoms with E-state index in [2.05, 4.69) is 10.6 Å². The average molecular weight is 389 g/mol. The first-order valence-corrected chi connectivity index (χ1v) is 9.32. The van der Waals surface area contributed by atoms with Gasteiger partial charge in [0.15, 0.2) is 0 Å². The van der Waals surface area contributed by atoms with Gasteiger partial charge in [-0.3, -0.25) is 4.79 Å². The number of ether oxygens (including phenoxy) is 1. The largest absolute Gasteiger partial charge is 0.445 e. The number of carbonyl (C=O) groups is 2. The average Bonchev–Trinajstić information content (AvgIpc) is 2.67. The van der Waals surface area contributed by atoms with Crippen molar-refractivity contribution in [3.8, 4) is 0 Å². The Morgan fingerprint density at radius 2 is 1.85 bits per heavy atom. The molecular formula is C21H25ClN2O3. The van der Waals surface area contributed by atoms with Gasteiger partial charge in [0, 0.05) is 10.7 Å². The van der Waals surface area contributed by atoms with Gasteiger partial charge in [0.05, 0.1) is 0 Å². The zero-order valence-electron chi connectivity index (χ0n) is 15.8. The van der Waals surface area contributed by atoms with Gasteiger partial charge in [-0.15, -0.1) is 0 Å². The summed E-state index contributed by atoms with van der Waals surface area (Å²) >= 11 is 6.01. The third-order valence-corrected chi connectivity index (χ3v) is 4.67. The molecule has 2 N–H and O–H groups in total. The highest BCUT2D eigenvalue weighted by Crippen LogP contribution is 2.21. The van der Waals surface area contributed by atoms with E-state index in [1.54, 1.807) is 12.1 Å². The van der Waals surface area contributed by atoms with Crippen molar-refractivity contribution in [3.63, 3.8) is 0 Å². The van der Waals surface area contributed by atoms with Crippen LogP contribution in [-0.4, -0.2) is 18.0 Å². The Kier molecular flexibility index (Phi) is 7.67. The summed E-state index contributed by atoms with van der Waals surface area (Å²) in [6.45, 7) is 5.90. The Bertz CT molecular complexity index is 780. The molecule has 0 saturated heterocycles. The Morgan fingerprint density at radius 1 is 1.15 bits per heavy atom. The fraction of sp³-hybridized carbons (Fsp3) is 0.333. The molecular weight excluding hydrogens is 364 g/mol. The number of hydrogen-bond donors (Lipinski definition) is 2. The minimum Gasteiger partial charge on any atom is -0.445 e. The van der Waals surface area contributed by atoms with E-state index in [1.807, 2.05) is 57.2 Å². The maximum atomic E-state index is 12.8. The normalized spacial score (nSPS) is 12.7. The standard InChI is InChI=1S/C21H25ClN2O3/c1-4-14(2)19(20(25)23-18-12-17(22)11-10-15(18)3)24-21(26)27-13-16-8-6-5-7-9-16/h5-12,14,19H,4,13H2,1-3H3,(H,23,25)(H,24,26)/t14-,19+/m1/s1. The van der Waals surface area contributed by atoms with Gasteiger partial charge < -0.3 is 15.4 Å². The van der Waals surface area contributed by atoms with Gasteiger partial charge in [0.1, 0.15) is 12.6 Å². The Hall–Kier alpha value is -2.53. The summed E-state index contributed by atoms with van der Waals surface area (Å²) in [5, 5.41) is 6.07. The van der Waals surface area contributed by atoms with Crippen molar-refractivity contribution in [2.24, 2.45) is 5.92 Å². The molecule has 6 heteroatoms. The fourth-order valence-corrected chi connectivity index (χ4v) is 2.71. The molecule has 2 aromatic rings. The second-order valence-electron chi connectivity index (χ2n) is 6.52. The lowest BCUT2D eigenvalue weighted by atomic mass is 9.98. The highest BCUT2D eigenvalue weighted by molar-refractivity contribution is 6.31. The number of benzene rings is 2. The van der Waals surface area contributed by atoms with Crippen molar-refractivity contribution in [1.29, 1.82) is 0 Å². The summed E-state index contributed by atoms with van der Waals surface area (Å²) in [4.78, 5) is 25.0. The second kappa shape index (κ2) is 9.97. The zero-order chi connectivity index (χ0) is 19.8. The molecule has 2 rings (SSSR count). The summed E-state index contributed by atoms with van der Waals surface area (Å²) < 4.78 is 5.25. The molecule has 0 aliphatic carbocycles. The monoisotopic (exact) mass is 388 g/mol. The molecule has 2 aromatic carbocycles. The fourth-order valence-electron chi connectivity index (χ4n) is 2.53. The first-order chi connectivity index (χ1) is 12.9. The molecule has 0 fully saturated rings. The molecule has 0 aromatic heterocycles. The molecule has 0 aliphatic rings. The van der Waals surface area contributed by atoms with E-state index in [-0.39, 0.29) is 18.4 Å². The molecule has 0 radical (unpaired) electrons. The first kappa shape index (κ1) is 20.8. The molecule has 0 unspecified atom stereocenters. The first-order valence-electron chi connectivity index (χ1n) is 8.95. The molecule has 0 aliphatic heterocycles. The lowest BCUT2D eigenvalue weighted by Gasteiger charge is -2.23. The summed E-state index contributed by atoms with van der Waals surface area (Å²) in [6, 6.07) is 14.0.